The van der Waals surface area contributed by atoms with E-state index in [2.05, 4.69) is 15.9 Å². The Balaban J connectivity index is 2.45. The fraction of sp³-hybridized carbons (Fsp3) is 0.480. The molecule has 1 unspecified atom stereocenters. The lowest BCUT2D eigenvalue weighted by Crippen LogP contribution is -2.30. The molecule has 0 fully saturated rings. The van der Waals surface area contributed by atoms with Gasteiger partial charge in [0, 0.05) is 16.0 Å². The summed E-state index contributed by atoms with van der Waals surface area (Å²) in [5.41, 5.74) is -5.11. The van der Waals surface area contributed by atoms with Crippen LogP contribution in [-0.4, -0.2) is 17.0 Å². The van der Waals surface area contributed by atoms with Crippen molar-refractivity contribution in [3.8, 4) is 0 Å². The molecule has 0 spiro atoms. The van der Waals surface area contributed by atoms with Gasteiger partial charge in [-0.25, -0.2) is 0 Å². The first kappa shape index (κ1) is 27.8. The van der Waals surface area contributed by atoms with Crippen molar-refractivity contribution in [1.82, 2.24) is 0 Å². The van der Waals surface area contributed by atoms with Crippen molar-refractivity contribution in [3.05, 3.63) is 69.7 Å². The molecular formula is C25H32BrF2O4P. The molecule has 0 bridgehead atoms. The Morgan fingerprint density at radius 2 is 1.48 bits per heavy atom. The third-order valence-electron chi connectivity index (χ3n) is 4.62. The molecule has 0 aliphatic carbocycles. The van der Waals surface area contributed by atoms with Gasteiger partial charge in [-0.05, 0) is 72.1 Å². The number of hydrogen-bond donors (Lipinski definition) is 0. The van der Waals surface area contributed by atoms with Crippen LogP contribution in [0.5, 0.6) is 0 Å². The average Bonchev–Trinajstić information content (AvgIpc) is 2.63. The predicted octanol–water partition coefficient (Wildman–Crippen LogP) is 8.24. The standard InChI is InChI=1S/C25H32BrF2O4P/c1-17(29)20(19-11-9-8-10-12-19)15-18-13-14-21(22(26)16-18)25(27,28)33(30,31-23(2,3)4)32-24(5,6)7/h8-14,16,20H,15H2,1-7H3. The molecule has 0 heterocycles. The van der Waals surface area contributed by atoms with Crippen LogP contribution in [0.4, 0.5) is 8.78 Å². The van der Waals surface area contributed by atoms with Crippen molar-refractivity contribution in [2.45, 2.75) is 77.7 Å². The summed E-state index contributed by atoms with van der Waals surface area (Å²) in [5.74, 6) is -0.419. The van der Waals surface area contributed by atoms with Gasteiger partial charge in [0.25, 0.3) is 0 Å². The predicted molar refractivity (Wildman–Crippen MR) is 131 cm³/mol. The van der Waals surface area contributed by atoms with E-state index in [1.165, 1.54) is 25.1 Å². The molecule has 0 saturated heterocycles. The minimum absolute atomic E-state index is 0.0200. The molecule has 0 aliphatic rings. The summed E-state index contributed by atoms with van der Waals surface area (Å²) in [6.07, 6.45) is 0.346. The smallest absolute Gasteiger partial charge is 0.299 e. The van der Waals surface area contributed by atoms with Gasteiger partial charge in [-0.3, -0.25) is 18.4 Å². The lowest BCUT2D eigenvalue weighted by atomic mass is 9.89. The number of ketones is 1. The van der Waals surface area contributed by atoms with Crippen molar-refractivity contribution in [3.63, 3.8) is 0 Å². The second kappa shape index (κ2) is 10.1. The van der Waals surface area contributed by atoms with Gasteiger partial charge in [0.1, 0.15) is 5.78 Å². The summed E-state index contributed by atoms with van der Waals surface area (Å²) in [4.78, 5) is 12.3. The summed E-state index contributed by atoms with van der Waals surface area (Å²) < 4.78 is 55.7. The summed E-state index contributed by atoms with van der Waals surface area (Å²) in [7, 11) is -4.94. The monoisotopic (exact) mass is 544 g/mol. The van der Waals surface area contributed by atoms with Gasteiger partial charge in [-0.15, -0.1) is 0 Å². The SMILES string of the molecule is CC(=O)C(Cc1ccc(C(F)(F)P(=O)(OC(C)(C)C)OC(C)(C)C)c(Br)c1)c1ccccc1. The van der Waals surface area contributed by atoms with Gasteiger partial charge < -0.3 is 0 Å². The van der Waals surface area contributed by atoms with Crippen molar-refractivity contribution in [2.75, 3.05) is 0 Å². The van der Waals surface area contributed by atoms with Crippen LogP contribution in [-0.2, 0) is 30.5 Å². The molecule has 0 aliphatic heterocycles. The fourth-order valence-electron chi connectivity index (χ4n) is 3.35. The Labute approximate surface area is 203 Å². The molecule has 0 N–H and O–H groups in total. The molecule has 1 atom stereocenters. The highest BCUT2D eigenvalue weighted by atomic mass is 79.9. The zero-order valence-electron chi connectivity index (χ0n) is 20.1. The van der Waals surface area contributed by atoms with E-state index >= 15 is 8.78 Å². The van der Waals surface area contributed by atoms with Gasteiger partial charge in [0.2, 0.25) is 0 Å². The largest absolute Gasteiger partial charge is 0.405 e. The Bertz CT molecular complexity index is 1010. The van der Waals surface area contributed by atoms with Crippen LogP contribution >= 0.6 is 23.5 Å². The molecule has 182 valence electrons. The van der Waals surface area contributed by atoms with Crippen LogP contribution in [0.15, 0.2) is 53.0 Å². The maximum atomic E-state index is 15.7. The van der Waals surface area contributed by atoms with Gasteiger partial charge >= 0.3 is 13.3 Å². The number of halogens is 3. The van der Waals surface area contributed by atoms with Gasteiger partial charge in [0.05, 0.1) is 11.2 Å². The van der Waals surface area contributed by atoms with E-state index in [9.17, 15) is 9.36 Å². The first-order chi connectivity index (χ1) is 15.0. The van der Waals surface area contributed by atoms with Crippen LogP contribution in [0.3, 0.4) is 0 Å². The minimum Gasteiger partial charge on any atom is -0.299 e. The Morgan fingerprint density at radius 3 is 1.91 bits per heavy atom. The number of rotatable bonds is 8. The number of Topliss-reactive ketones (excluding diaryl/α,β-unsaturated/α-hetero) is 1. The molecule has 4 nitrogen and oxygen atoms in total. The quantitative estimate of drug-likeness (QED) is 0.314. The number of carbonyl (C=O) groups excluding carboxylic acids is 1. The third-order valence-corrected chi connectivity index (χ3v) is 7.78. The summed E-state index contributed by atoms with van der Waals surface area (Å²) in [6, 6.07) is 13.6. The molecule has 2 aromatic rings. The number of carbonyl (C=O) groups is 1. The molecule has 0 aromatic heterocycles. The van der Waals surface area contributed by atoms with Crippen LogP contribution < -0.4 is 0 Å². The Kier molecular flexibility index (Phi) is 8.50. The van der Waals surface area contributed by atoms with Crippen molar-refractivity contribution >= 4 is 29.3 Å². The number of hydrogen-bond acceptors (Lipinski definition) is 4. The first-order valence-corrected chi connectivity index (χ1v) is 13.0. The molecule has 0 amide bonds. The average molecular weight is 545 g/mol. The van der Waals surface area contributed by atoms with Crippen LogP contribution in [0.2, 0.25) is 0 Å². The first-order valence-electron chi connectivity index (χ1n) is 10.7. The molecule has 0 saturated carbocycles. The minimum atomic E-state index is -4.94. The van der Waals surface area contributed by atoms with Crippen LogP contribution in [0.25, 0.3) is 0 Å². The normalized spacial score (nSPS) is 14.2. The molecule has 0 radical (unpaired) electrons. The van der Waals surface area contributed by atoms with Crippen molar-refractivity contribution < 1.29 is 27.2 Å². The van der Waals surface area contributed by atoms with E-state index in [0.29, 0.717) is 12.0 Å². The summed E-state index contributed by atoms with van der Waals surface area (Å²) >= 11 is 3.22. The topological polar surface area (TPSA) is 52.6 Å². The Hall–Kier alpha value is -1.40. The maximum Gasteiger partial charge on any atom is 0.405 e. The third kappa shape index (κ3) is 7.29. The lowest BCUT2D eigenvalue weighted by molar-refractivity contribution is -0.118. The molecule has 2 rings (SSSR count). The summed E-state index contributed by atoms with van der Waals surface area (Å²) in [5, 5.41) is 0. The van der Waals surface area contributed by atoms with Crippen molar-refractivity contribution in [1.29, 1.82) is 0 Å². The maximum absolute atomic E-state index is 15.7. The van der Waals surface area contributed by atoms with Crippen molar-refractivity contribution in [2.24, 2.45) is 0 Å². The highest BCUT2D eigenvalue weighted by molar-refractivity contribution is 9.10. The van der Waals surface area contributed by atoms with E-state index in [1.807, 2.05) is 30.3 Å². The highest BCUT2D eigenvalue weighted by Crippen LogP contribution is 2.70. The molecule has 33 heavy (non-hydrogen) atoms. The van der Waals surface area contributed by atoms with E-state index in [1.54, 1.807) is 41.5 Å². The van der Waals surface area contributed by atoms with Gasteiger partial charge in [-0.2, -0.15) is 8.78 Å². The van der Waals surface area contributed by atoms with E-state index in [0.717, 1.165) is 5.56 Å². The fourth-order valence-corrected chi connectivity index (χ4v) is 6.38. The lowest BCUT2D eigenvalue weighted by Gasteiger charge is -2.36. The Morgan fingerprint density at radius 1 is 0.970 bits per heavy atom. The van der Waals surface area contributed by atoms with E-state index in [-0.39, 0.29) is 10.3 Å². The zero-order valence-corrected chi connectivity index (χ0v) is 22.6. The molecule has 2 aromatic carbocycles. The van der Waals surface area contributed by atoms with Crippen LogP contribution in [0, 0.1) is 0 Å². The van der Waals surface area contributed by atoms with Gasteiger partial charge in [-0.1, -0.05) is 58.4 Å². The van der Waals surface area contributed by atoms with Crippen LogP contribution in [0.1, 0.15) is 71.1 Å². The second-order valence-corrected chi connectivity index (χ2v) is 12.8. The second-order valence-electron chi connectivity index (χ2n) is 10.0. The van der Waals surface area contributed by atoms with E-state index in [4.69, 9.17) is 9.05 Å². The molecule has 8 heteroatoms. The van der Waals surface area contributed by atoms with E-state index < -0.39 is 35.9 Å². The highest BCUT2D eigenvalue weighted by Gasteiger charge is 2.59. The number of benzene rings is 2. The number of alkyl halides is 2. The zero-order chi connectivity index (χ0) is 25.2. The summed E-state index contributed by atoms with van der Waals surface area (Å²) in [6.45, 7) is 10.8. The van der Waals surface area contributed by atoms with Gasteiger partial charge in [0.15, 0.2) is 0 Å². The molecular weight excluding hydrogens is 513 g/mol.